The number of aromatic nitrogens is 2. The molecule has 1 aliphatic carbocycles. The van der Waals surface area contributed by atoms with Crippen LogP contribution in [0.2, 0.25) is 0 Å². The van der Waals surface area contributed by atoms with Gasteiger partial charge in [0.25, 0.3) is 0 Å². The van der Waals surface area contributed by atoms with Crippen molar-refractivity contribution in [3.05, 3.63) is 28.5 Å². The van der Waals surface area contributed by atoms with Crippen LogP contribution in [0.5, 0.6) is 0 Å². The van der Waals surface area contributed by atoms with Gasteiger partial charge in [-0.1, -0.05) is 6.07 Å². The van der Waals surface area contributed by atoms with Crippen LogP contribution in [0.3, 0.4) is 0 Å². The van der Waals surface area contributed by atoms with Crippen molar-refractivity contribution < 1.29 is 4.79 Å². The van der Waals surface area contributed by atoms with Crippen molar-refractivity contribution >= 4 is 29.2 Å². The van der Waals surface area contributed by atoms with E-state index in [9.17, 15) is 4.79 Å². The van der Waals surface area contributed by atoms with Gasteiger partial charge in [-0.05, 0) is 44.1 Å². The van der Waals surface area contributed by atoms with Gasteiger partial charge < -0.3 is 14.9 Å². The number of hydrogen-bond acceptors (Lipinski definition) is 3. The van der Waals surface area contributed by atoms with Gasteiger partial charge in [0.15, 0.2) is 4.77 Å². The number of nitrogens with one attached hydrogen (secondary N) is 2. The SMILES string of the molecule is CC(C(=O)NC1CC1)n1c(=S)[nH]c2c(C#N)cccc21. The lowest BCUT2D eigenvalue weighted by Crippen LogP contribution is -2.32. The molecule has 0 bridgehead atoms. The van der Waals surface area contributed by atoms with Gasteiger partial charge in [-0.15, -0.1) is 0 Å². The van der Waals surface area contributed by atoms with E-state index in [0.717, 1.165) is 18.4 Å². The van der Waals surface area contributed by atoms with E-state index in [1.165, 1.54) is 0 Å². The van der Waals surface area contributed by atoms with Crippen molar-refractivity contribution in [3.63, 3.8) is 0 Å². The van der Waals surface area contributed by atoms with Gasteiger partial charge in [0.2, 0.25) is 5.91 Å². The molecule has 1 fully saturated rings. The minimum absolute atomic E-state index is 0.0353. The summed E-state index contributed by atoms with van der Waals surface area (Å²) in [5.41, 5.74) is 2.00. The molecule has 1 aliphatic rings. The highest BCUT2D eigenvalue weighted by Gasteiger charge is 2.27. The number of nitriles is 1. The monoisotopic (exact) mass is 286 g/mol. The Balaban J connectivity index is 2.06. The van der Waals surface area contributed by atoms with Crippen LogP contribution in [-0.4, -0.2) is 21.5 Å². The van der Waals surface area contributed by atoms with Crippen LogP contribution < -0.4 is 5.32 Å². The predicted octanol–water partition coefficient (Wildman–Crippen LogP) is 2.41. The maximum absolute atomic E-state index is 12.2. The first-order chi connectivity index (χ1) is 9.61. The van der Waals surface area contributed by atoms with E-state index in [1.54, 1.807) is 16.7 Å². The molecule has 6 heteroatoms. The third kappa shape index (κ3) is 2.10. The fourth-order valence-corrected chi connectivity index (χ4v) is 2.65. The Hall–Kier alpha value is -2.13. The average molecular weight is 286 g/mol. The van der Waals surface area contributed by atoms with Crippen LogP contribution in [0.25, 0.3) is 11.0 Å². The molecule has 20 heavy (non-hydrogen) atoms. The first-order valence-electron chi connectivity index (χ1n) is 6.55. The Kier molecular flexibility index (Phi) is 3.07. The van der Waals surface area contributed by atoms with Gasteiger partial charge in [0.1, 0.15) is 12.1 Å². The van der Waals surface area contributed by atoms with Gasteiger partial charge in [-0.2, -0.15) is 5.26 Å². The summed E-state index contributed by atoms with van der Waals surface area (Å²) in [6.07, 6.45) is 2.10. The van der Waals surface area contributed by atoms with Crippen molar-refractivity contribution in [3.8, 4) is 6.07 Å². The second-order valence-electron chi connectivity index (χ2n) is 5.07. The molecule has 1 amide bonds. The maximum Gasteiger partial charge on any atom is 0.243 e. The van der Waals surface area contributed by atoms with E-state index in [0.29, 0.717) is 21.9 Å². The number of nitrogens with zero attached hydrogens (tertiary/aromatic N) is 2. The molecule has 0 spiro atoms. The molecule has 5 nitrogen and oxygen atoms in total. The standard InChI is InChI=1S/C14H14N4OS/c1-8(13(19)16-10-5-6-10)18-11-4-2-3-9(7-15)12(11)17-14(18)20/h2-4,8,10H,5-6H2,1H3,(H,16,19)(H,17,20). The van der Waals surface area contributed by atoms with Gasteiger partial charge >= 0.3 is 0 Å². The highest BCUT2D eigenvalue weighted by atomic mass is 32.1. The predicted molar refractivity (Wildman–Crippen MR) is 77.7 cm³/mol. The third-order valence-electron chi connectivity index (χ3n) is 3.56. The van der Waals surface area contributed by atoms with E-state index < -0.39 is 6.04 Å². The van der Waals surface area contributed by atoms with Gasteiger partial charge in [0.05, 0.1) is 16.6 Å². The highest BCUT2D eigenvalue weighted by Crippen LogP contribution is 2.24. The van der Waals surface area contributed by atoms with Gasteiger partial charge in [-0.25, -0.2) is 0 Å². The highest BCUT2D eigenvalue weighted by molar-refractivity contribution is 7.71. The van der Waals surface area contributed by atoms with Crippen molar-refractivity contribution in [2.24, 2.45) is 0 Å². The molecule has 1 aromatic heterocycles. The lowest BCUT2D eigenvalue weighted by Gasteiger charge is -2.14. The molecule has 1 saturated carbocycles. The quantitative estimate of drug-likeness (QED) is 0.851. The lowest BCUT2D eigenvalue weighted by atomic mass is 10.2. The first kappa shape index (κ1) is 12.9. The van der Waals surface area contributed by atoms with Crippen molar-refractivity contribution in [2.75, 3.05) is 0 Å². The number of aromatic amines is 1. The normalized spacial score (nSPS) is 15.8. The number of hydrogen-bond donors (Lipinski definition) is 2. The third-order valence-corrected chi connectivity index (χ3v) is 3.86. The number of carbonyl (C=O) groups excluding carboxylic acids is 1. The van der Waals surface area contributed by atoms with Crippen molar-refractivity contribution in [2.45, 2.75) is 31.8 Å². The Morgan fingerprint density at radius 2 is 2.35 bits per heavy atom. The summed E-state index contributed by atoms with van der Waals surface area (Å²) < 4.78 is 2.23. The Bertz CT molecular complexity index is 779. The molecule has 102 valence electrons. The summed E-state index contributed by atoms with van der Waals surface area (Å²) in [7, 11) is 0. The van der Waals surface area contributed by atoms with E-state index >= 15 is 0 Å². The zero-order valence-corrected chi connectivity index (χ0v) is 11.8. The minimum Gasteiger partial charge on any atom is -0.352 e. The summed E-state index contributed by atoms with van der Waals surface area (Å²) in [5.74, 6) is -0.0353. The smallest absolute Gasteiger partial charge is 0.243 e. The van der Waals surface area contributed by atoms with E-state index in [-0.39, 0.29) is 5.91 Å². The molecule has 0 radical (unpaired) electrons. The number of para-hydroxylation sites is 1. The number of rotatable bonds is 3. The fraction of sp³-hybridized carbons (Fsp3) is 0.357. The number of benzene rings is 1. The maximum atomic E-state index is 12.2. The summed E-state index contributed by atoms with van der Waals surface area (Å²) in [4.78, 5) is 15.2. The molecular weight excluding hydrogens is 272 g/mol. The molecule has 1 heterocycles. The van der Waals surface area contributed by atoms with Crippen LogP contribution >= 0.6 is 12.2 Å². The number of H-pyrrole nitrogens is 1. The molecule has 2 N–H and O–H groups in total. The molecule has 0 saturated heterocycles. The van der Waals surface area contributed by atoms with E-state index in [1.807, 2.05) is 13.0 Å². The second-order valence-corrected chi connectivity index (χ2v) is 5.46. The molecule has 2 aromatic rings. The van der Waals surface area contributed by atoms with E-state index in [4.69, 9.17) is 17.5 Å². The number of imidazole rings is 1. The summed E-state index contributed by atoms with van der Waals surface area (Å²) >= 11 is 5.30. The fourth-order valence-electron chi connectivity index (χ4n) is 2.29. The van der Waals surface area contributed by atoms with Crippen molar-refractivity contribution in [1.29, 1.82) is 5.26 Å². The van der Waals surface area contributed by atoms with Crippen LogP contribution in [0.1, 0.15) is 31.4 Å². The number of fused-ring (bicyclic) bond motifs is 1. The minimum atomic E-state index is -0.397. The molecule has 1 atom stereocenters. The zero-order valence-electron chi connectivity index (χ0n) is 11.0. The average Bonchev–Trinajstić information content (AvgIpc) is 3.17. The molecule has 1 unspecified atom stereocenters. The molecule has 0 aliphatic heterocycles. The lowest BCUT2D eigenvalue weighted by molar-refractivity contribution is -0.123. The summed E-state index contributed by atoms with van der Waals surface area (Å²) in [6.45, 7) is 1.82. The largest absolute Gasteiger partial charge is 0.352 e. The van der Waals surface area contributed by atoms with Crippen molar-refractivity contribution in [1.82, 2.24) is 14.9 Å². The van der Waals surface area contributed by atoms with E-state index in [2.05, 4.69) is 16.4 Å². The van der Waals surface area contributed by atoms with Crippen LogP contribution in [0.4, 0.5) is 0 Å². The first-order valence-corrected chi connectivity index (χ1v) is 6.96. The molecular formula is C14H14N4OS. The molecule has 3 rings (SSSR count). The number of carbonyl (C=O) groups is 1. The van der Waals surface area contributed by atoms with Crippen LogP contribution in [0, 0.1) is 16.1 Å². The summed E-state index contributed by atoms with van der Waals surface area (Å²) in [5, 5.41) is 12.1. The second kappa shape index (κ2) is 4.76. The molecule has 1 aromatic carbocycles. The Labute approximate surface area is 121 Å². The summed E-state index contributed by atoms with van der Waals surface area (Å²) in [6, 6.07) is 7.44. The Morgan fingerprint density at radius 3 is 3.00 bits per heavy atom. The zero-order chi connectivity index (χ0) is 14.3. The van der Waals surface area contributed by atoms with Gasteiger partial charge in [-0.3, -0.25) is 4.79 Å². The Morgan fingerprint density at radius 1 is 1.60 bits per heavy atom. The van der Waals surface area contributed by atoms with Crippen LogP contribution in [-0.2, 0) is 4.79 Å². The topological polar surface area (TPSA) is 73.6 Å². The number of amides is 1. The van der Waals surface area contributed by atoms with Crippen LogP contribution in [0.15, 0.2) is 18.2 Å². The van der Waals surface area contributed by atoms with Gasteiger partial charge in [0, 0.05) is 6.04 Å².